The fourth-order valence-corrected chi connectivity index (χ4v) is 2.70. The predicted octanol–water partition coefficient (Wildman–Crippen LogP) is 1.40. The fourth-order valence-electron chi connectivity index (χ4n) is 2.70. The van der Waals surface area contributed by atoms with E-state index in [-0.39, 0.29) is 12.1 Å². The van der Waals surface area contributed by atoms with Gasteiger partial charge in [0.15, 0.2) is 0 Å². The van der Waals surface area contributed by atoms with Crippen molar-refractivity contribution in [1.82, 2.24) is 14.5 Å². The van der Waals surface area contributed by atoms with E-state index >= 15 is 0 Å². The van der Waals surface area contributed by atoms with E-state index < -0.39 is 0 Å². The lowest BCUT2D eigenvalue weighted by Crippen LogP contribution is -2.45. The lowest BCUT2D eigenvalue weighted by molar-refractivity contribution is 0.0127. The van der Waals surface area contributed by atoms with Crippen LogP contribution in [0.1, 0.15) is 32.0 Å². The zero-order chi connectivity index (χ0) is 12.4. The molecule has 1 heterocycles. The molecule has 1 saturated carbocycles. The molecule has 3 atom stereocenters. The summed E-state index contributed by atoms with van der Waals surface area (Å²) in [5.74, 6) is 1.77. The molecule has 0 bridgehead atoms. The Bertz CT molecular complexity index is 363. The minimum Gasteiger partial charge on any atom is -0.391 e. The quantitative estimate of drug-likeness (QED) is 0.864. The first-order chi connectivity index (χ1) is 8.08. The van der Waals surface area contributed by atoms with Crippen LogP contribution < -0.4 is 0 Å². The zero-order valence-corrected chi connectivity index (χ0v) is 11.0. The molecule has 17 heavy (non-hydrogen) atoms. The Morgan fingerprint density at radius 3 is 2.94 bits per heavy atom. The van der Waals surface area contributed by atoms with Crippen LogP contribution in [0.25, 0.3) is 0 Å². The Morgan fingerprint density at radius 2 is 2.29 bits per heavy atom. The van der Waals surface area contributed by atoms with Gasteiger partial charge in [-0.1, -0.05) is 6.92 Å². The van der Waals surface area contributed by atoms with Crippen LogP contribution in [-0.2, 0) is 13.6 Å². The third kappa shape index (κ3) is 2.87. The highest BCUT2D eigenvalue weighted by molar-refractivity contribution is 4.93. The molecule has 0 saturated heterocycles. The molecule has 2 rings (SSSR count). The van der Waals surface area contributed by atoms with E-state index in [1.165, 1.54) is 0 Å². The minimum atomic E-state index is -0.184. The molecular formula is C13H23N3O. The summed E-state index contributed by atoms with van der Waals surface area (Å²) in [5.41, 5.74) is 0. The van der Waals surface area contributed by atoms with Gasteiger partial charge in [0.2, 0.25) is 0 Å². The van der Waals surface area contributed by atoms with Crippen LogP contribution in [0.5, 0.6) is 0 Å². The molecule has 96 valence electrons. The summed E-state index contributed by atoms with van der Waals surface area (Å²) in [6.45, 7) is 3.07. The van der Waals surface area contributed by atoms with Crippen molar-refractivity contribution < 1.29 is 5.11 Å². The number of hydrogen-bond acceptors (Lipinski definition) is 3. The van der Waals surface area contributed by atoms with Crippen LogP contribution in [0.15, 0.2) is 12.4 Å². The molecule has 1 aliphatic carbocycles. The van der Waals surface area contributed by atoms with Crippen molar-refractivity contribution in [1.29, 1.82) is 0 Å². The van der Waals surface area contributed by atoms with Gasteiger partial charge in [0, 0.05) is 25.5 Å². The molecule has 1 N–H and O–H groups in total. The Hall–Kier alpha value is -0.870. The van der Waals surface area contributed by atoms with E-state index in [1.807, 2.05) is 24.0 Å². The minimum absolute atomic E-state index is 0.184. The monoisotopic (exact) mass is 237 g/mol. The van der Waals surface area contributed by atoms with Crippen LogP contribution in [0.3, 0.4) is 0 Å². The highest BCUT2D eigenvalue weighted by Gasteiger charge is 2.30. The molecule has 4 nitrogen and oxygen atoms in total. The first kappa shape index (κ1) is 12.6. The number of imidazole rings is 1. The van der Waals surface area contributed by atoms with E-state index in [1.54, 1.807) is 0 Å². The van der Waals surface area contributed by atoms with E-state index in [0.29, 0.717) is 5.92 Å². The van der Waals surface area contributed by atoms with Gasteiger partial charge < -0.3 is 9.67 Å². The van der Waals surface area contributed by atoms with Gasteiger partial charge in [-0.3, -0.25) is 4.90 Å². The van der Waals surface area contributed by atoms with Crippen LogP contribution in [-0.4, -0.2) is 38.8 Å². The van der Waals surface area contributed by atoms with Crippen molar-refractivity contribution in [2.75, 3.05) is 7.05 Å². The van der Waals surface area contributed by atoms with E-state index in [0.717, 1.165) is 31.6 Å². The SMILES string of the molecule is CC1CCC(O)C(N(C)Cc2nccn2C)C1. The maximum Gasteiger partial charge on any atom is 0.122 e. The third-order valence-electron chi connectivity index (χ3n) is 3.92. The highest BCUT2D eigenvalue weighted by Crippen LogP contribution is 2.27. The van der Waals surface area contributed by atoms with Crippen molar-refractivity contribution in [3.05, 3.63) is 18.2 Å². The van der Waals surface area contributed by atoms with Gasteiger partial charge in [0.05, 0.1) is 12.6 Å². The summed E-state index contributed by atoms with van der Waals surface area (Å²) < 4.78 is 2.04. The molecule has 0 radical (unpaired) electrons. The zero-order valence-electron chi connectivity index (χ0n) is 11.0. The first-order valence-corrected chi connectivity index (χ1v) is 6.42. The standard InChI is InChI=1S/C13H23N3O/c1-10-4-5-12(17)11(8-10)16(3)9-13-14-6-7-15(13)2/h6-7,10-12,17H,4-5,8-9H2,1-3H3. The van der Waals surface area contributed by atoms with Gasteiger partial charge >= 0.3 is 0 Å². The van der Waals surface area contributed by atoms with Crippen molar-refractivity contribution in [2.24, 2.45) is 13.0 Å². The number of aliphatic hydroxyl groups is 1. The summed E-state index contributed by atoms with van der Waals surface area (Å²) in [5, 5.41) is 10.1. The normalized spacial score (nSPS) is 29.8. The lowest BCUT2D eigenvalue weighted by Gasteiger charge is -2.37. The second-order valence-corrected chi connectivity index (χ2v) is 5.42. The average Bonchev–Trinajstić information content (AvgIpc) is 2.68. The van der Waals surface area contributed by atoms with Gasteiger partial charge in [-0.15, -0.1) is 0 Å². The Balaban J connectivity index is 1.99. The highest BCUT2D eigenvalue weighted by atomic mass is 16.3. The second-order valence-electron chi connectivity index (χ2n) is 5.42. The number of aliphatic hydroxyl groups excluding tert-OH is 1. The van der Waals surface area contributed by atoms with E-state index in [2.05, 4.69) is 23.9 Å². The van der Waals surface area contributed by atoms with Crippen molar-refractivity contribution in [3.63, 3.8) is 0 Å². The number of aromatic nitrogens is 2. The van der Waals surface area contributed by atoms with E-state index in [4.69, 9.17) is 0 Å². The topological polar surface area (TPSA) is 41.3 Å². The molecule has 4 heteroatoms. The van der Waals surface area contributed by atoms with Gasteiger partial charge in [0.1, 0.15) is 5.82 Å². The van der Waals surface area contributed by atoms with Crippen LogP contribution in [0.4, 0.5) is 0 Å². The number of rotatable bonds is 3. The predicted molar refractivity (Wildman–Crippen MR) is 67.5 cm³/mol. The summed E-state index contributed by atoms with van der Waals surface area (Å²) in [4.78, 5) is 6.57. The largest absolute Gasteiger partial charge is 0.391 e. The van der Waals surface area contributed by atoms with Gasteiger partial charge in [-0.25, -0.2) is 4.98 Å². The average molecular weight is 237 g/mol. The molecule has 3 unspecified atom stereocenters. The van der Waals surface area contributed by atoms with Crippen LogP contribution in [0.2, 0.25) is 0 Å². The van der Waals surface area contributed by atoms with Gasteiger partial charge in [-0.2, -0.15) is 0 Å². The van der Waals surface area contributed by atoms with Crippen LogP contribution in [0, 0.1) is 5.92 Å². The molecular weight excluding hydrogens is 214 g/mol. The van der Waals surface area contributed by atoms with Crippen molar-refractivity contribution in [3.8, 4) is 0 Å². The molecule has 0 aromatic carbocycles. The smallest absolute Gasteiger partial charge is 0.122 e. The summed E-state index contributed by atoms with van der Waals surface area (Å²) >= 11 is 0. The second kappa shape index (κ2) is 5.19. The number of likely N-dealkylation sites (N-methyl/N-ethyl adjacent to an activating group) is 1. The molecule has 1 aliphatic rings. The summed E-state index contributed by atoms with van der Waals surface area (Å²) in [7, 11) is 4.09. The Morgan fingerprint density at radius 1 is 1.53 bits per heavy atom. The molecule has 0 amide bonds. The first-order valence-electron chi connectivity index (χ1n) is 6.42. The number of nitrogens with zero attached hydrogens (tertiary/aromatic N) is 3. The third-order valence-corrected chi connectivity index (χ3v) is 3.92. The summed E-state index contributed by atoms with van der Waals surface area (Å²) in [6.07, 6.45) is 6.76. The van der Waals surface area contributed by atoms with Crippen molar-refractivity contribution in [2.45, 2.75) is 44.9 Å². The van der Waals surface area contributed by atoms with Crippen molar-refractivity contribution >= 4 is 0 Å². The lowest BCUT2D eigenvalue weighted by atomic mass is 9.84. The number of hydrogen-bond donors (Lipinski definition) is 1. The van der Waals surface area contributed by atoms with E-state index in [9.17, 15) is 5.11 Å². The van der Waals surface area contributed by atoms with Gasteiger partial charge in [0.25, 0.3) is 0 Å². The number of aryl methyl sites for hydroxylation is 1. The maximum atomic E-state index is 10.1. The fraction of sp³-hybridized carbons (Fsp3) is 0.769. The molecule has 1 aromatic heterocycles. The van der Waals surface area contributed by atoms with Gasteiger partial charge in [-0.05, 0) is 32.2 Å². The molecule has 0 aliphatic heterocycles. The maximum absolute atomic E-state index is 10.1. The Labute approximate surface area is 103 Å². The molecule has 0 spiro atoms. The summed E-state index contributed by atoms with van der Waals surface area (Å²) in [6, 6.07) is 0.274. The molecule has 1 aromatic rings. The Kier molecular flexibility index (Phi) is 3.84. The van der Waals surface area contributed by atoms with Crippen LogP contribution >= 0.6 is 0 Å². The molecule has 1 fully saturated rings.